The zero-order valence-electron chi connectivity index (χ0n) is 22.2. The molecule has 0 spiro atoms. The van der Waals surface area contributed by atoms with Crippen molar-refractivity contribution in [1.29, 1.82) is 0 Å². The Morgan fingerprint density at radius 2 is 1.67 bits per heavy atom. The molecule has 0 amide bonds. The Morgan fingerprint density at radius 3 is 2.28 bits per heavy atom. The van der Waals surface area contributed by atoms with Crippen LogP contribution in [0.5, 0.6) is 11.5 Å². The average Bonchev–Trinajstić information content (AvgIpc) is 3.48. The zero-order chi connectivity index (χ0) is 28.1. The van der Waals surface area contributed by atoms with Crippen molar-refractivity contribution in [3.63, 3.8) is 0 Å². The molecule has 9 heteroatoms. The van der Waals surface area contributed by atoms with Crippen LogP contribution < -0.4 is 8.92 Å². The molecule has 5 aromatic rings. The van der Waals surface area contributed by atoms with Crippen molar-refractivity contribution in [3.8, 4) is 22.6 Å². The van der Waals surface area contributed by atoms with Crippen molar-refractivity contribution < 1.29 is 27.2 Å². The lowest BCUT2D eigenvalue weighted by Crippen LogP contribution is -2.13. The maximum absolute atomic E-state index is 13.4. The van der Waals surface area contributed by atoms with Gasteiger partial charge in [0.15, 0.2) is 5.75 Å². The van der Waals surface area contributed by atoms with Crippen LogP contribution in [-0.2, 0) is 23.0 Å². The van der Waals surface area contributed by atoms with Gasteiger partial charge < -0.3 is 14.0 Å². The molecule has 2 aromatic heterocycles. The van der Waals surface area contributed by atoms with E-state index in [2.05, 4.69) is 32.0 Å². The molecule has 0 saturated carbocycles. The zero-order valence-corrected chi connectivity index (χ0v) is 24.7. The summed E-state index contributed by atoms with van der Waals surface area (Å²) in [6.45, 7) is 8.22. The lowest BCUT2D eigenvalue weighted by atomic mass is 9.90. The first-order valence-electron chi connectivity index (χ1n) is 12.5. The number of aromatic carboxylic acids is 1. The van der Waals surface area contributed by atoms with Gasteiger partial charge >= 0.3 is 16.1 Å². The van der Waals surface area contributed by atoms with Gasteiger partial charge in [-0.3, -0.25) is 0 Å². The average molecular weight is 581 g/mol. The Morgan fingerprint density at radius 1 is 1.00 bits per heavy atom. The molecule has 0 unspecified atom stereocenters. The number of fused-ring (bicyclic) bond motifs is 2. The molecular formula is C30H28O6S3. The fourth-order valence-corrected chi connectivity index (χ4v) is 8.52. The molecule has 2 heterocycles. The molecule has 0 fully saturated rings. The molecule has 202 valence electrons. The van der Waals surface area contributed by atoms with Crippen LogP contribution in [0.2, 0.25) is 0 Å². The first-order valence-corrected chi connectivity index (χ1v) is 15.6. The van der Waals surface area contributed by atoms with E-state index in [0.717, 1.165) is 44.4 Å². The minimum atomic E-state index is -4.35. The fraction of sp³-hybridized carbons (Fsp3) is 0.233. The number of methoxy groups -OCH3 is 1. The number of hydrogen-bond acceptors (Lipinski definition) is 7. The smallest absolute Gasteiger partial charge is 0.352 e. The summed E-state index contributed by atoms with van der Waals surface area (Å²) in [6.07, 6.45) is 1.09. The molecule has 0 aliphatic carbocycles. The van der Waals surface area contributed by atoms with E-state index in [1.165, 1.54) is 33.0 Å². The van der Waals surface area contributed by atoms with Crippen LogP contribution >= 0.6 is 22.7 Å². The first kappa shape index (κ1) is 27.2. The molecule has 0 atom stereocenters. The van der Waals surface area contributed by atoms with Gasteiger partial charge in [0.2, 0.25) is 4.21 Å². The molecule has 0 saturated heterocycles. The van der Waals surface area contributed by atoms with Crippen molar-refractivity contribution in [3.05, 3.63) is 75.0 Å². The number of aryl methyl sites for hydroxylation is 4. The van der Waals surface area contributed by atoms with Gasteiger partial charge in [-0.05, 0) is 83.5 Å². The van der Waals surface area contributed by atoms with Crippen molar-refractivity contribution in [2.24, 2.45) is 0 Å². The minimum Gasteiger partial charge on any atom is -0.493 e. The Kier molecular flexibility index (Phi) is 7.17. The van der Waals surface area contributed by atoms with Gasteiger partial charge in [0.1, 0.15) is 11.3 Å². The summed E-state index contributed by atoms with van der Waals surface area (Å²) < 4.78 is 38.7. The summed E-state index contributed by atoms with van der Waals surface area (Å²) >= 11 is 2.55. The molecule has 0 aliphatic rings. The largest absolute Gasteiger partial charge is 0.493 e. The Balaban J connectivity index is 1.72. The number of ether oxygens (including phenoxy) is 1. The van der Waals surface area contributed by atoms with E-state index in [9.17, 15) is 18.3 Å². The van der Waals surface area contributed by atoms with Crippen LogP contribution in [0, 0.1) is 13.8 Å². The normalized spacial score (nSPS) is 11.8. The highest BCUT2D eigenvalue weighted by molar-refractivity contribution is 7.89. The van der Waals surface area contributed by atoms with E-state index < -0.39 is 16.1 Å². The molecule has 5 rings (SSSR count). The van der Waals surface area contributed by atoms with Gasteiger partial charge in [-0.1, -0.05) is 38.1 Å². The molecule has 0 bridgehead atoms. The number of thiophene rings is 2. The number of hydrogen-bond donors (Lipinski definition) is 1. The summed E-state index contributed by atoms with van der Waals surface area (Å²) in [7, 11) is -3.11. The van der Waals surface area contributed by atoms with E-state index in [4.69, 9.17) is 8.92 Å². The summed E-state index contributed by atoms with van der Waals surface area (Å²) in [5.74, 6) is -1.20. The van der Waals surface area contributed by atoms with Crippen LogP contribution in [0.15, 0.2) is 52.1 Å². The Labute approximate surface area is 235 Å². The van der Waals surface area contributed by atoms with Crippen molar-refractivity contribution in [1.82, 2.24) is 0 Å². The van der Waals surface area contributed by atoms with Gasteiger partial charge in [0, 0.05) is 20.3 Å². The highest BCUT2D eigenvalue weighted by atomic mass is 32.3. The predicted molar refractivity (Wildman–Crippen MR) is 159 cm³/mol. The van der Waals surface area contributed by atoms with Crippen LogP contribution in [0.25, 0.3) is 32.0 Å². The Hall–Kier alpha value is -3.40. The van der Waals surface area contributed by atoms with Crippen LogP contribution in [0.1, 0.15) is 45.8 Å². The lowest BCUT2D eigenvalue weighted by Gasteiger charge is -2.18. The molecular weight excluding hydrogens is 553 g/mol. The molecule has 6 nitrogen and oxygen atoms in total. The number of carbonyl (C=O) groups is 1. The third kappa shape index (κ3) is 4.58. The van der Waals surface area contributed by atoms with Crippen molar-refractivity contribution in [2.45, 2.75) is 44.7 Å². The van der Waals surface area contributed by atoms with E-state index in [1.807, 2.05) is 38.1 Å². The lowest BCUT2D eigenvalue weighted by molar-refractivity contribution is 0.0693. The maximum Gasteiger partial charge on any atom is 0.352 e. The topological polar surface area (TPSA) is 89.9 Å². The number of carboxylic acids is 1. The summed E-state index contributed by atoms with van der Waals surface area (Å²) in [4.78, 5) is 12.8. The summed E-state index contributed by atoms with van der Waals surface area (Å²) in [5, 5.41) is 14.2. The van der Waals surface area contributed by atoms with Crippen molar-refractivity contribution in [2.75, 3.05) is 7.11 Å². The van der Waals surface area contributed by atoms with Gasteiger partial charge in [-0.25, -0.2) is 4.79 Å². The predicted octanol–water partition coefficient (Wildman–Crippen LogP) is 8.00. The molecule has 39 heavy (non-hydrogen) atoms. The standard InChI is InChI=1S/C30H28O6S3/c1-6-18-12-21(26-22-11-9-8-10-20(22)14-24-25(26)16(3)17(4)38-24)13-19(7-2)27(18)36-39(33,34)30-28(35-5)23(15-37-30)29(31)32/h8-15H,6-7H2,1-5H3,(H,31,32). The third-order valence-corrected chi connectivity index (χ3v) is 10.9. The summed E-state index contributed by atoms with van der Waals surface area (Å²) in [5.41, 5.74) is 4.69. The quantitative estimate of drug-likeness (QED) is 0.187. The minimum absolute atomic E-state index is 0.215. The number of rotatable bonds is 8. The number of carboxylic acid groups (broad SMARTS) is 1. The highest BCUT2D eigenvalue weighted by Crippen LogP contribution is 2.45. The molecule has 3 aromatic carbocycles. The van der Waals surface area contributed by atoms with E-state index in [-0.39, 0.29) is 21.3 Å². The van der Waals surface area contributed by atoms with Gasteiger partial charge in [0.25, 0.3) is 0 Å². The van der Waals surface area contributed by atoms with E-state index >= 15 is 0 Å². The number of benzene rings is 3. The summed E-state index contributed by atoms with van der Waals surface area (Å²) in [6, 6.07) is 14.6. The maximum atomic E-state index is 13.4. The molecule has 0 radical (unpaired) electrons. The monoisotopic (exact) mass is 580 g/mol. The second-order valence-electron chi connectivity index (χ2n) is 9.27. The molecule has 1 N–H and O–H groups in total. The van der Waals surface area contributed by atoms with Crippen LogP contribution in [0.4, 0.5) is 0 Å². The van der Waals surface area contributed by atoms with Gasteiger partial charge in [-0.15, -0.1) is 22.7 Å². The fourth-order valence-electron chi connectivity index (χ4n) is 5.01. The van der Waals surface area contributed by atoms with Crippen LogP contribution in [0.3, 0.4) is 0 Å². The van der Waals surface area contributed by atoms with E-state index in [1.54, 1.807) is 11.3 Å². The van der Waals surface area contributed by atoms with Gasteiger partial charge in [0.05, 0.1) is 7.11 Å². The SMILES string of the molecule is CCc1cc(-c2c3ccccc3cc3sc(C)c(C)c23)cc(CC)c1OS(=O)(=O)c1scc(C(=O)O)c1OC. The second-order valence-corrected chi connectivity index (χ2v) is 13.2. The van der Waals surface area contributed by atoms with Crippen LogP contribution in [-0.4, -0.2) is 26.6 Å². The van der Waals surface area contributed by atoms with Crippen molar-refractivity contribution >= 4 is 59.6 Å². The first-order chi connectivity index (χ1) is 18.6. The Bertz CT molecular complexity index is 1840. The molecule has 0 aliphatic heterocycles. The second kappa shape index (κ2) is 10.3. The van der Waals surface area contributed by atoms with E-state index in [0.29, 0.717) is 12.8 Å². The highest BCUT2D eigenvalue weighted by Gasteiger charge is 2.31. The van der Waals surface area contributed by atoms with Gasteiger partial charge in [-0.2, -0.15) is 8.42 Å². The third-order valence-electron chi connectivity index (χ3n) is 7.04.